The maximum Gasteiger partial charge on any atom is -0.00462 e. The van der Waals surface area contributed by atoms with E-state index >= 15 is 0 Å². The van der Waals surface area contributed by atoms with E-state index in [1.165, 1.54) is 32.4 Å². The second kappa shape index (κ2) is 5.04. The second-order valence-electron chi connectivity index (χ2n) is 3.44. The lowest BCUT2D eigenvalue weighted by molar-refractivity contribution is 0.274. The number of hydrogen-bond acceptors (Lipinski definition) is 2. The molecule has 1 saturated heterocycles. The van der Waals surface area contributed by atoms with Crippen LogP contribution in [0.2, 0.25) is 0 Å². The number of nitrogens with one attached hydrogen (secondary N) is 1. The molecule has 1 aliphatic heterocycles. The second-order valence-corrected chi connectivity index (χ2v) is 3.80. The standard InChI is InChI=1S/C9H19NS/c1-2-8(7-11)9-3-5-10-6-4-9/h8-11H,2-7H2,1H3. The van der Waals surface area contributed by atoms with Crippen LogP contribution >= 0.6 is 12.6 Å². The normalized spacial score (nSPS) is 23.5. The van der Waals surface area contributed by atoms with Gasteiger partial charge in [0.15, 0.2) is 0 Å². The van der Waals surface area contributed by atoms with Crippen LogP contribution in [0.3, 0.4) is 0 Å². The van der Waals surface area contributed by atoms with Crippen LogP contribution in [0.15, 0.2) is 0 Å². The summed E-state index contributed by atoms with van der Waals surface area (Å²) < 4.78 is 0. The van der Waals surface area contributed by atoms with Gasteiger partial charge in [0, 0.05) is 0 Å². The maximum absolute atomic E-state index is 4.39. The minimum absolute atomic E-state index is 0.862. The Morgan fingerprint density at radius 2 is 2.09 bits per heavy atom. The Morgan fingerprint density at radius 3 is 2.55 bits per heavy atom. The summed E-state index contributed by atoms with van der Waals surface area (Å²) in [6, 6.07) is 0. The molecule has 0 amide bonds. The lowest BCUT2D eigenvalue weighted by Crippen LogP contribution is -2.32. The lowest BCUT2D eigenvalue weighted by Gasteiger charge is -2.28. The zero-order valence-corrected chi connectivity index (χ0v) is 8.24. The molecule has 1 unspecified atom stereocenters. The van der Waals surface area contributed by atoms with Gasteiger partial charge in [-0.25, -0.2) is 0 Å². The summed E-state index contributed by atoms with van der Waals surface area (Å²) in [5.41, 5.74) is 0. The number of piperidine rings is 1. The zero-order valence-electron chi connectivity index (χ0n) is 7.34. The van der Waals surface area contributed by atoms with Crippen molar-refractivity contribution < 1.29 is 0 Å². The lowest BCUT2D eigenvalue weighted by atomic mass is 9.84. The minimum Gasteiger partial charge on any atom is -0.317 e. The van der Waals surface area contributed by atoms with Gasteiger partial charge in [0.25, 0.3) is 0 Å². The van der Waals surface area contributed by atoms with Crippen LogP contribution in [0.25, 0.3) is 0 Å². The highest BCUT2D eigenvalue weighted by molar-refractivity contribution is 7.80. The first-order valence-electron chi connectivity index (χ1n) is 4.70. The minimum atomic E-state index is 0.862. The Labute approximate surface area is 75.4 Å². The van der Waals surface area contributed by atoms with Crippen molar-refractivity contribution in [3.63, 3.8) is 0 Å². The third-order valence-corrected chi connectivity index (χ3v) is 3.28. The van der Waals surface area contributed by atoms with E-state index in [0.717, 1.165) is 17.6 Å². The number of hydrogen-bond donors (Lipinski definition) is 2. The molecule has 0 aromatic carbocycles. The zero-order chi connectivity index (χ0) is 8.10. The summed E-state index contributed by atoms with van der Waals surface area (Å²) in [6.07, 6.45) is 4.02. The average Bonchev–Trinajstić information content (AvgIpc) is 2.09. The Hall–Kier alpha value is 0.310. The van der Waals surface area contributed by atoms with Crippen molar-refractivity contribution in [3.05, 3.63) is 0 Å². The molecule has 0 aromatic rings. The van der Waals surface area contributed by atoms with Crippen LogP contribution in [0, 0.1) is 11.8 Å². The summed E-state index contributed by atoms with van der Waals surface area (Å²) >= 11 is 4.39. The van der Waals surface area contributed by atoms with Gasteiger partial charge in [-0.3, -0.25) is 0 Å². The molecule has 1 rings (SSSR count). The third kappa shape index (κ3) is 2.68. The Kier molecular flexibility index (Phi) is 4.31. The van der Waals surface area contributed by atoms with Crippen molar-refractivity contribution in [3.8, 4) is 0 Å². The van der Waals surface area contributed by atoms with Crippen LogP contribution in [0.1, 0.15) is 26.2 Å². The molecule has 11 heavy (non-hydrogen) atoms. The van der Waals surface area contributed by atoms with Gasteiger partial charge in [-0.05, 0) is 43.5 Å². The van der Waals surface area contributed by atoms with Crippen molar-refractivity contribution >= 4 is 12.6 Å². The topological polar surface area (TPSA) is 12.0 Å². The van der Waals surface area contributed by atoms with Gasteiger partial charge in [-0.15, -0.1) is 0 Å². The quantitative estimate of drug-likeness (QED) is 0.622. The summed E-state index contributed by atoms with van der Waals surface area (Å²) in [5.74, 6) is 2.88. The van der Waals surface area contributed by atoms with Crippen molar-refractivity contribution in [2.45, 2.75) is 26.2 Å². The van der Waals surface area contributed by atoms with Crippen molar-refractivity contribution in [1.29, 1.82) is 0 Å². The first-order chi connectivity index (χ1) is 5.38. The highest BCUT2D eigenvalue weighted by atomic mass is 32.1. The smallest absolute Gasteiger partial charge is 0.00462 e. The third-order valence-electron chi connectivity index (χ3n) is 2.81. The molecule has 1 atom stereocenters. The van der Waals surface area contributed by atoms with E-state index < -0.39 is 0 Å². The predicted octanol–water partition coefficient (Wildman–Crippen LogP) is 1.94. The Bertz CT molecular complexity index is 95.7. The molecular weight excluding hydrogens is 154 g/mol. The summed E-state index contributed by atoms with van der Waals surface area (Å²) in [5, 5.41) is 3.39. The van der Waals surface area contributed by atoms with E-state index in [4.69, 9.17) is 0 Å². The number of rotatable bonds is 3. The van der Waals surface area contributed by atoms with Gasteiger partial charge in [-0.1, -0.05) is 13.3 Å². The molecule has 0 spiro atoms. The van der Waals surface area contributed by atoms with Gasteiger partial charge in [0.2, 0.25) is 0 Å². The van der Waals surface area contributed by atoms with Gasteiger partial charge in [-0.2, -0.15) is 12.6 Å². The largest absolute Gasteiger partial charge is 0.317 e. The SMILES string of the molecule is CCC(CS)C1CCNCC1. The van der Waals surface area contributed by atoms with Crippen molar-refractivity contribution in [2.24, 2.45) is 11.8 Å². The first kappa shape index (κ1) is 9.40. The monoisotopic (exact) mass is 173 g/mol. The van der Waals surface area contributed by atoms with E-state index in [0.29, 0.717) is 0 Å². The first-order valence-corrected chi connectivity index (χ1v) is 5.33. The van der Waals surface area contributed by atoms with E-state index in [2.05, 4.69) is 24.9 Å². The molecular formula is C9H19NS. The Balaban J connectivity index is 2.30. The van der Waals surface area contributed by atoms with E-state index in [9.17, 15) is 0 Å². The van der Waals surface area contributed by atoms with E-state index in [-0.39, 0.29) is 0 Å². The number of thiol groups is 1. The van der Waals surface area contributed by atoms with Crippen LogP contribution in [-0.2, 0) is 0 Å². The molecule has 0 aliphatic carbocycles. The van der Waals surface area contributed by atoms with Crippen LogP contribution in [-0.4, -0.2) is 18.8 Å². The van der Waals surface area contributed by atoms with Crippen molar-refractivity contribution in [1.82, 2.24) is 5.32 Å². The van der Waals surface area contributed by atoms with Crippen LogP contribution < -0.4 is 5.32 Å². The summed E-state index contributed by atoms with van der Waals surface area (Å²) in [6.45, 7) is 4.72. The molecule has 66 valence electrons. The fourth-order valence-electron chi connectivity index (χ4n) is 1.93. The highest BCUT2D eigenvalue weighted by Crippen LogP contribution is 2.25. The molecule has 2 heteroatoms. The van der Waals surface area contributed by atoms with Gasteiger partial charge in [0.05, 0.1) is 0 Å². The molecule has 0 saturated carbocycles. The molecule has 1 fully saturated rings. The van der Waals surface area contributed by atoms with Gasteiger partial charge in [0.1, 0.15) is 0 Å². The molecule has 1 aliphatic rings. The maximum atomic E-state index is 4.39. The molecule has 1 N–H and O–H groups in total. The molecule has 0 bridgehead atoms. The van der Waals surface area contributed by atoms with Gasteiger partial charge < -0.3 is 5.32 Å². The molecule has 1 heterocycles. The summed E-state index contributed by atoms with van der Waals surface area (Å²) in [4.78, 5) is 0. The summed E-state index contributed by atoms with van der Waals surface area (Å²) in [7, 11) is 0. The van der Waals surface area contributed by atoms with Crippen LogP contribution in [0.5, 0.6) is 0 Å². The van der Waals surface area contributed by atoms with Crippen molar-refractivity contribution in [2.75, 3.05) is 18.8 Å². The fraction of sp³-hybridized carbons (Fsp3) is 1.00. The van der Waals surface area contributed by atoms with E-state index in [1.54, 1.807) is 0 Å². The average molecular weight is 173 g/mol. The van der Waals surface area contributed by atoms with Crippen LogP contribution in [0.4, 0.5) is 0 Å². The highest BCUT2D eigenvalue weighted by Gasteiger charge is 2.20. The Morgan fingerprint density at radius 1 is 1.45 bits per heavy atom. The predicted molar refractivity (Wildman–Crippen MR) is 53.2 cm³/mol. The fourth-order valence-corrected chi connectivity index (χ4v) is 2.48. The van der Waals surface area contributed by atoms with E-state index in [1.807, 2.05) is 0 Å². The van der Waals surface area contributed by atoms with Gasteiger partial charge >= 0.3 is 0 Å². The molecule has 1 nitrogen and oxygen atoms in total. The molecule has 0 aromatic heterocycles. The molecule has 0 radical (unpaired) electrons.